The van der Waals surface area contributed by atoms with Crippen molar-refractivity contribution >= 4 is 67.6 Å². The van der Waals surface area contributed by atoms with E-state index in [1.165, 1.54) is 22.7 Å². The van der Waals surface area contributed by atoms with Crippen molar-refractivity contribution in [1.82, 2.24) is 19.9 Å². The fraction of sp³-hybridized carbons (Fsp3) is 0.300. The van der Waals surface area contributed by atoms with Crippen molar-refractivity contribution in [3.63, 3.8) is 0 Å². The van der Waals surface area contributed by atoms with Gasteiger partial charge in [-0.3, -0.25) is 9.59 Å². The van der Waals surface area contributed by atoms with Crippen LogP contribution in [-0.4, -0.2) is 30.2 Å². The normalized spacial score (nSPS) is 15.7. The molecule has 0 amide bonds. The average molecular weight is 473 g/mol. The van der Waals surface area contributed by atoms with Crippen LogP contribution < -0.4 is 10.7 Å². The lowest BCUT2D eigenvalue weighted by molar-refractivity contribution is -0.106. The number of hydrogen-bond donors (Lipinski definition) is 0. The summed E-state index contributed by atoms with van der Waals surface area (Å²) in [6.07, 6.45) is 3.47. The van der Waals surface area contributed by atoms with E-state index in [1.807, 2.05) is 0 Å². The third kappa shape index (κ3) is 3.17. The van der Waals surface area contributed by atoms with Crippen LogP contribution in [0, 0.1) is 0 Å². The van der Waals surface area contributed by atoms with Crippen molar-refractivity contribution in [3.8, 4) is 0 Å². The second-order valence-electron chi connectivity index (χ2n) is 7.50. The van der Waals surface area contributed by atoms with Crippen LogP contribution in [0.1, 0.15) is 59.3 Å². The highest BCUT2D eigenvalue weighted by Crippen LogP contribution is 2.36. The zero-order valence-electron chi connectivity index (χ0n) is 16.5. The van der Waals surface area contributed by atoms with E-state index in [9.17, 15) is 9.59 Å². The monoisotopic (exact) mass is 472 g/mol. The lowest BCUT2D eigenvalue weighted by Gasteiger charge is -1.97. The molecular weight excluding hydrogens is 457 g/mol. The summed E-state index contributed by atoms with van der Waals surface area (Å²) < 4.78 is 0. The van der Waals surface area contributed by atoms with Gasteiger partial charge in [0.25, 0.3) is 0 Å². The molecule has 30 heavy (non-hydrogen) atoms. The molecular formula is C20H16N4O2S4. The van der Waals surface area contributed by atoms with Gasteiger partial charge >= 0.3 is 0 Å². The standard InChI is InChI=1S/C20H16N4O2S4/c1-7(2)15-21-5-9(27-15)11-13-17(29-19(11)25)24-14-12(20(26)30-18(14)23-13)10-6-22-16(28-10)8(3)4/h5-8H,1-4H3. The molecule has 0 aromatic carbocycles. The maximum atomic E-state index is 12.8. The molecule has 10 heteroatoms. The second kappa shape index (κ2) is 7.37. The van der Waals surface area contributed by atoms with E-state index in [2.05, 4.69) is 37.7 Å². The summed E-state index contributed by atoms with van der Waals surface area (Å²) in [4.78, 5) is 45.4. The summed E-state index contributed by atoms with van der Waals surface area (Å²) in [5.74, 6) is 0.583. The minimum atomic E-state index is -0.0783. The maximum Gasteiger partial charge on any atom is 0.229 e. The molecule has 152 valence electrons. The third-order valence-corrected chi connectivity index (χ3v) is 8.99. The predicted molar refractivity (Wildman–Crippen MR) is 120 cm³/mol. The van der Waals surface area contributed by atoms with Crippen molar-refractivity contribution in [3.05, 3.63) is 42.9 Å². The Morgan fingerprint density at radius 2 is 1.10 bits per heavy atom. The van der Waals surface area contributed by atoms with Crippen LogP contribution in [0.15, 0.2) is 22.4 Å². The van der Waals surface area contributed by atoms with Crippen LogP contribution in [0.4, 0.5) is 0 Å². The predicted octanol–water partition coefficient (Wildman–Crippen LogP) is 3.30. The lowest BCUT2D eigenvalue weighted by Crippen LogP contribution is -2.23. The Bertz CT molecular complexity index is 1250. The Morgan fingerprint density at radius 3 is 1.43 bits per heavy atom. The van der Waals surface area contributed by atoms with Gasteiger partial charge in [-0.05, 0) is 23.5 Å². The van der Waals surface area contributed by atoms with E-state index < -0.39 is 0 Å². The zero-order chi connectivity index (χ0) is 21.2. The van der Waals surface area contributed by atoms with Gasteiger partial charge in [-0.1, -0.05) is 27.7 Å². The fourth-order valence-corrected chi connectivity index (χ4v) is 6.91. The number of aromatic nitrogens is 4. The van der Waals surface area contributed by atoms with Crippen LogP contribution >= 0.6 is 46.2 Å². The smallest absolute Gasteiger partial charge is 0.229 e. The largest absolute Gasteiger partial charge is 0.281 e. The molecule has 0 atom stereocenters. The minimum Gasteiger partial charge on any atom is -0.281 e. The van der Waals surface area contributed by atoms with E-state index in [4.69, 9.17) is 9.97 Å². The van der Waals surface area contributed by atoms with Crippen molar-refractivity contribution in [2.75, 3.05) is 0 Å². The number of hydrogen-bond acceptors (Lipinski definition) is 10. The van der Waals surface area contributed by atoms with E-state index >= 15 is 0 Å². The van der Waals surface area contributed by atoms with Gasteiger partial charge in [0.05, 0.1) is 30.9 Å². The van der Waals surface area contributed by atoms with E-state index in [1.54, 1.807) is 12.4 Å². The van der Waals surface area contributed by atoms with Crippen LogP contribution in [0.2, 0.25) is 0 Å². The number of rotatable bonds is 4. The molecule has 0 spiro atoms. The molecule has 0 bridgehead atoms. The van der Waals surface area contributed by atoms with Gasteiger partial charge in [-0.2, -0.15) is 0 Å². The van der Waals surface area contributed by atoms with Crippen molar-refractivity contribution in [1.29, 1.82) is 0 Å². The van der Waals surface area contributed by atoms with Crippen LogP contribution in [0.3, 0.4) is 0 Å². The van der Waals surface area contributed by atoms with Crippen LogP contribution in [0.5, 0.6) is 0 Å². The minimum absolute atomic E-state index is 0.0783. The highest BCUT2D eigenvalue weighted by Gasteiger charge is 2.33. The molecule has 5 heterocycles. The molecule has 3 aromatic rings. The first-order valence-electron chi connectivity index (χ1n) is 9.36. The molecule has 0 fully saturated rings. The molecule has 0 saturated heterocycles. The Labute approximate surface area is 189 Å². The van der Waals surface area contributed by atoms with E-state index in [-0.39, 0.29) is 10.2 Å². The Morgan fingerprint density at radius 1 is 0.700 bits per heavy atom. The fourth-order valence-electron chi connectivity index (χ4n) is 3.12. The molecule has 2 aliphatic rings. The van der Waals surface area contributed by atoms with Crippen LogP contribution in [-0.2, 0) is 9.59 Å². The summed E-state index contributed by atoms with van der Waals surface area (Å²) in [5, 5.41) is 4.00. The molecule has 0 saturated carbocycles. The first-order chi connectivity index (χ1) is 14.3. The molecule has 5 rings (SSSR count). The van der Waals surface area contributed by atoms with E-state index in [0.29, 0.717) is 43.7 Å². The Hall–Kier alpha value is -1.88. The number of carbonyl (C=O) groups excluding carboxylic acids is 2. The highest BCUT2D eigenvalue weighted by atomic mass is 32.2. The Kier molecular flexibility index (Phi) is 4.92. The molecule has 2 aliphatic heterocycles. The van der Waals surface area contributed by atoms with Gasteiger partial charge in [0.2, 0.25) is 10.2 Å². The summed E-state index contributed by atoms with van der Waals surface area (Å²) >= 11 is 5.15. The number of nitrogens with zero attached hydrogens (tertiary/aromatic N) is 4. The topological polar surface area (TPSA) is 85.7 Å². The summed E-state index contributed by atoms with van der Waals surface area (Å²) in [6.45, 7) is 8.29. The van der Waals surface area contributed by atoms with E-state index in [0.717, 1.165) is 43.3 Å². The van der Waals surface area contributed by atoms with Crippen molar-refractivity contribution in [2.24, 2.45) is 0 Å². The third-order valence-electron chi connectivity index (χ3n) is 4.62. The van der Waals surface area contributed by atoms with Gasteiger partial charge in [0, 0.05) is 24.2 Å². The molecule has 6 nitrogen and oxygen atoms in total. The molecule has 0 aliphatic carbocycles. The number of carbonyl (C=O) groups is 2. The van der Waals surface area contributed by atoms with Gasteiger partial charge in [0.1, 0.15) is 20.8 Å². The first kappa shape index (κ1) is 20.0. The number of fused-ring (bicyclic) bond motifs is 2. The average Bonchev–Trinajstić information content (AvgIpc) is 3.42. The van der Waals surface area contributed by atoms with Gasteiger partial charge < -0.3 is 0 Å². The van der Waals surface area contributed by atoms with Gasteiger partial charge in [-0.25, -0.2) is 19.9 Å². The van der Waals surface area contributed by atoms with Crippen molar-refractivity contribution in [2.45, 2.75) is 49.6 Å². The summed E-state index contributed by atoms with van der Waals surface area (Å²) in [7, 11) is 0. The lowest BCUT2D eigenvalue weighted by atomic mass is 10.2. The van der Waals surface area contributed by atoms with Crippen LogP contribution in [0.25, 0.3) is 11.1 Å². The summed E-state index contributed by atoms with van der Waals surface area (Å²) in [6, 6.07) is 0. The maximum absolute atomic E-state index is 12.8. The SMILES string of the molecule is CC(C)c1ncc(C2=c3nc4c(nc3SC2=O)=C(c2cnc(C(C)C)s2)C(=O)S4)s1. The zero-order valence-corrected chi connectivity index (χ0v) is 19.8. The quantitative estimate of drug-likeness (QED) is 0.572. The summed E-state index contributed by atoms with van der Waals surface area (Å²) in [5.41, 5.74) is 1.08. The van der Waals surface area contributed by atoms with Crippen molar-refractivity contribution < 1.29 is 9.59 Å². The number of thioether (sulfide) groups is 2. The van der Waals surface area contributed by atoms with Gasteiger partial charge in [0.15, 0.2) is 0 Å². The molecule has 0 unspecified atom stereocenters. The molecule has 3 aromatic heterocycles. The second-order valence-corrected chi connectivity index (χ2v) is 11.5. The van der Waals surface area contributed by atoms with Gasteiger partial charge in [-0.15, -0.1) is 22.7 Å². The Balaban J connectivity index is 1.70. The first-order valence-corrected chi connectivity index (χ1v) is 12.6. The molecule has 0 radical (unpaired) electrons. The number of thiazole rings is 2. The highest BCUT2D eigenvalue weighted by molar-refractivity contribution is 8.15. The molecule has 0 N–H and O–H groups in total.